The number of nitrogens with zero attached hydrogens (tertiary/aromatic N) is 3. The minimum absolute atomic E-state index is 0.0646. The Labute approximate surface area is 196 Å². The summed E-state index contributed by atoms with van der Waals surface area (Å²) in [5.74, 6) is 1.65. The van der Waals surface area contributed by atoms with Crippen LogP contribution in [0.2, 0.25) is 0 Å². The lowest BCUT2D eigenvalue weighted by atomic mass is 9.94. The molecule has 1 aliphatic heterocycles. The van der Waals surface area contributed by atoms with E-state index in [1.165, 1.54) is 18.4 Å². The van der Waals surface area contributed by atoms with Gasteiger partial charge in [0.2, 0.25) is 0 Å². The average Bonchev–Trinajstić information content (AvgIpc) is 3.58. The van der Waals surface area contributed by atoms with Gasteiger partial charge >= 0.3 is 0 Å². The first-order valence-electron chi connectivity index (χ1n) is 12.3. The van der Waals surface area contributed by atoms with Crippen LogP contribution in [0.3, 0.4) is 0 Å². The lowest BCUT2D eigenvalue weighted by Gasteiger charge is -2.30. The van der Waals surface area contributed by atoms with Gasteiger partial charge in [-0.1, -0.05) is 38.1 Å². The maximum Gasteiger partial charge on any atom is 0.260 e. The fourth-order valence-corrected chi connectivity index (χ4v) is 5.08. The molecule has 0 unspecified atom stereocenters. The van der Waals surface area contributed by atoms with Crippen LogP contribution in [0.1, 0.15) is 51.0 Å². The van der Waals surface area contributed by atoms with Crippen LogP contribution in [0, 0.1) is 0 Å². The number of anilines is 1. The van der Waals surface area contributed by atoms with Crippen LogP contribution in [-0.4, -0.2) is 34.7 Å². The fourth-order valence-electron chi connectivity index (χ4n) is 5.08. The molecule has 33 heavy (non-hydrogen) atoms. The quantitative estimate of drug-likeness (QED) is 0.562. The Morgan fingerprint density at radius 1 is 1.06 bits per heavy atom. The second-order valence-electron chi connectivity index (χ2n) is 9.84. The van der Waals surface area contributed by atoms with Gasteiger partial charge in [-0.2, -0.15) is 0 Å². The number of nitrogens with one attached hydrogen (secondary N) is 1. The third-order valence-corrected chi connectivity index (χ3v) is 7.05. The SMILES string of the molecule is CC(C)NC[C@H]1CCCN1c1cc(-c2ccncc2)c(-c2cccc(C3CC3)c2)c(=O)n1C. The Hall–Kier alpha value is -2.92. The number of aromatic nitrogens is 2. The molecule has 2 fully saturated rings. The number of pyridine rings is 2. The Bertz CT molecular complexity index is 1180. The van der Waals surface area contributed by atoms with E-state index in [1.807, 2.05) is 36.1 Å². The van der Waals surface area contributed by atoms with Crippen molar-refractivity contribution in [3.8, 4) is 22.3 Å². The predicted molar refractivity (Wildman–Crippen MR) is 136 cm³/mol. The summed E-state index contributed by atoms with van der Waals surface area (Å²) in [5, 5.41) is 3.59. The van der Waals surface area contributed by atoms with Gasteiger partial charge in [0.1, 0.15) is 5.82 Å². The first-order valence-corrected chi connectivity index (χ1v) is 12.3. The van der Waals surface area contributed by atoms with E-state index in [9.17, 15) is 4.79 Å². The van der Waals surface area contributed by atoms with E-state index >= 15 is 0 Å². The van der Waals surface area contributed by atoms with Crippen molar-refractivity contribution in [3.05, 3.63) is 70.8 Å². The summed E-state index contributed by atoms with van der Waals surface area (Å²) in [7, 11) is 1.92. The third kappa shape index (κ3) is 4.47. The molecule has 1 aliphatic carbocycles. The lowest BCUT2D eigenvalue weighted by Crippen LogP contribution is -2.42. The molecular formula is C28H34N4O. The molecule has 1 saturated carbocycles. The van der Waals surface area contributed by atoms with Gasteiger partial charge in [-0.25, -0.2) is 0 Å². The Morgan fingerprint density at radius 3 is 2.58 bits per heavy atom. The van der Waals surface area contributed by atoms with Gasteiger partial charge in [0.05, 0.1) is 5.56 Å². The minimum Gasteiger partial charge on any atom is -0.354 e. The van der Waals surface area contributed by atoms with E-state index in [0.717, 1.165) is 54.0 Å². The molecule has 172 valence electrons. The van der Waals surface area contributed by atoms with Crippen LogP contribution in [0.4, 0.5) is 5.82 Å². The molecule has 1 saturated heterocycles. The Morgan fingerprint density at radius 2 is 1.85 bits per heavy atom. The summed E-state index contributed by atoms with van der Waals surface area (Å²) in [6, 6.07) is 15.7. The normalized spacial score (nSPS) is 18.3. The highest BCUT2D eigenvalue weighted by molar-refractivity contribution is 5.85. The van der Waals surface area contributed by atoms with Crippen molar-refractivity contribution < 1.29 is 0 Å². The van der Waals surface area contributed by atoms with Crippen molar-refractivity contribution >= 4 is 5.82 Å². The standard InChI is InChI=1S/C28H34N4O/c1-19(2)30-18-24-8-5-15-32(24)26-17-25(21-11-13-29-14-12-21)27(28(33)31(26)3)23-7-4-6-22(16-23)20-9-10-20/h4,6-7,11-14,16-17,19-20,24,30H,5,8-10,15,18H2,1-3H3/t24-/m1/s1. The molecule has 3 heterocycles. The number of benzene rings is 1. The van der Waals surface area contributed by atoms with E-state index in [0.29, 0.717) is 18.0 Å². The zero-order valence-corrected chi connectivity index (χ0v) is 19.9. The molecule has 0 spiro atoms. The van der Waals surface area contributed by atoms with Crippen LogP contribution in [0.25, 0.3) is 22.3 Å². The molecule has 5 rings (SSSR count). The highest BCUT2D eigenvalue weighted by atomic mass is 16.1. The molecule has 5 nitrogen and oxygen atoms in total. The molecule has 2 aliphatic rings. The summed E-state index contributed by atoms with van der Waals surface area (Å²) in [5.41, 5.74) is 5.23. The minimum atomic E-state index is 0.0646. The van der Waals surface area contributed by atoms with Gasteiger partial charge in [-0.05, 0) is 72.1 Å². The van der Waals surface area contributed by atoms with Crippen molar-refractivity contribution in [2.24, 2.45) is 7.05 Å². The summed E-state index contributed by atoms with van der Waals surface area (Å²) < 4.78 is 1.86. The fraction of sp³-hybridized carbons (Fsp3) is 0.429. The van der Waals surface area contributed by atoms with Crippen molar-refractivity contribution in [2.75, 3.05) is 18.0 Å². The summed E-state index contributed by atoms with van der Waals surface area (Å²) in [6.07, 6.45) is 8.40. The summed E-state index contributed by atoms with van der Waals surface area (Å²) in [6.45, 7) is 6.27. The molecule has 0 bridgehead atoms. The highest BCUT2D eigenvalue weighted by Crippen LogP contribution is 2.42. The van der Waals surface area contributed by atoms with Gasteiger partial charge in [-0.3, -0.25) is 14.3 Å². The Kier molecular flexibility index (Phi) is 6.07. The topological polar surface area (TPSA) is 50.2 Å². The van der Waals surface area contributed by atoms with Crippen molar-refractivity contribution in [1.29, 1.82) is 0 Å². The smallest absolute Gasteiger partial charge is 0.260 e. The number of hydrogen-bond acceptors (Lipinski definition) is 4. The van der Waals surface area contributed by atoms with Gasteiger partial charge in [0, 0.05) is 44.6 Å². The molecule has 1 N–H and O–H groups in total. The second-order valence-corrected chi connectivity index (χ2v) is 9.84. The van der Waals surface area contributed by atoms with Crippen LogP contribution in [0.15, 0.2) is 59.7 Å². The maximum absolute atomic E-state index is 13.9. The maximum atomic E-state index is 13.9. The molecular weight excluding hydrogens is 408 g/mol. The highest BCUT2D eigenvalue weighted by Gasteiger charge is 2.29. The monoisotopic (exact) mass is 442 g/mol. The summed E-state index contributed by atoms with van der Waals surface area (Å²) >= 11 is 0. The first-order chi connectivity index (χ1) is 16.0. The third-order valence-electron chi connectivity index (χ3n) is 7.05. The van der Waals surface area contributed by atoms with E-state index < -0.39 is 0 Å². The number of rotatable bonds is 7. The van der Waals surface area contributed by atoms with E-state index in [2.05, 4.69) is 59.4 Å². The van der Waals surface area contributed by atoms with Crippen molar-refractivity contribution in [1.82, 2.24) is 14.9 Å². The van der Waals surface area contributed by atoms with E-state index in [1.54, 1.807) is 0 Å². The van der Waals surface area contributed by atoms with Crippen molar-refractivity contribution in [2.45, 2.75) is 57.5 Å². The molecule has 3 aromatic rings. The largest absolute Gasteiger partial charge is 0.354 e. The van der Waals surface area contributed by atoms with Gasteiger partial charge in [0.15, 0.2) is 0 Å². The molecule has 0 amide bonds. The number of hydrogen-bond donors (Lipinski definition) is 1. The van der Waals surface area contributed by atoms with E-state index in [-0.39, 0.29) is 5.56 Å². The molecule has 0 radical (unpaired) electrons. The van der Waals surface area contributed by atoms with Gasteiger partial charge in [0.25, 0.3) is 5.56 Å². The van der Waals surface area contributed by atoms with Crippen LogP contribution in [-0.2, 0) is 7.05 Å². The molecule has 1 atom stereocenters. The molecule has 1 aromatic carbocycles. The lowest BCUT2D eigenvalue weighted by molar-refractivity contribution is 0.519. The molecule has 2 aromatic heterocycles. The van der Waals surface area contributed by atoms with Crippen LogP contribution < -0.4 is 15.8 Å². The van der Waals surface area contributed by atoms with E-state index in [4.69, 9.17) is 0 Å². The zero-order valence-electron chi connectivity index (χ0n) is 19.9. The second kappa shape index (κ2) is 9.14. The zero-order chi connectivity index (χ0) is 22.9. The summed E-state index contributed by atoms with van der Waals surface area (Å²) in [4.78, 5) is 20.5. The van der Waals surface area contributed by atoms with Crippen LogP contribution in [0.5, 0.6) is 0 Å². The van der Waals surface area contributed by atoms with Crippen LogP contribution >= 0.6 is 0 Å². The predicted octanol–water partition coefficient (Wildman–Crippen LogP) is 4.96. The van der Waals surface area contributed by atoms with Gasteiger partial charge < -0.3 is 10.2 Å². The average molecular weight is 443 g/mol. The first kappa shape index (κ1) is 21.9. The van der Waals surface area contributed by atoms with Crippen molar-refractivity contribution in [3.63, 3.8) is 0 Å². The molecule has 5 heteroatoms. The van der Waals surface area contributed by atoms with Gasteiger partial charge in [-0.15, -0.1) is 0 Å². The Balaban J connectivity index is 1.64.